The van der Waals surface area contributed by atoms with Crippen molar-refractivity contribution < 1.29 is 14.0 Å². The highest BCUT2D eigenvalue weighted by Gasteiger charge is 2.15. The minimum absolute atomic E-state index is 0.0697. The Morgan fingerprint density at radius 1 is 1.15 bits per heavy atom. The molecule has 0 heterocycles. The summed E-state index contributed by atoms with van der Waals surface area (Å²) in [5.41, 5.74) is 1.49. The number of hydrogen-bond donors (Lipinski definition) is 1. The van der Waals surface area contributed by atoms with Crippen molar-refractivity contribution in [2.75, 3.05) is 18.0 Å². The molecule has 4 nitrogen and oxygen atoms in total. The van der Waals surface area contributed by atoms with E-state index in [0.717, 1.165) is 5.56 Å². The van der Waals surface area contributed by atoms with Gasteiger partial charge in [0.05, 0.1) is 5.02 Å². The molecule has 0 aliphatic heterocycles. The van der Waals surface area contributed by atoms with E-state index in [-0.39, 0.29) is 29.8 Å². The SMILES string of the molecule is CC(=O)N(CCC(=O)NCCc1cccc(Cl)c1)c1ccc(F)c(Cl)c1. The number of amides is 2. The Morgan fingerprint density at radius 3 is 2.58 bits per heavy atom. The molecule has 0 aliphatic carbocycles. The molecule has 26 heavy (non-hydrogen) atoms. The standard InChI is InChI=1S/C19H19Cl2FN2O2/c1-13(25)24(16-5-6-18(22)17(21)12-16)10-8-19(26)23-9-7-14-3-2-4-15(20)11-14/h2-6,11-12H,7-10H2,1H3,(H,23,26). The molecule has 0 aliphatic rings. The lowest BCUT2D eigenvalue weighted by Crippen LogP contribution is -2.34. The third-order valence-corrected chi connectivity index (χ3v) is 4.31. The topological polar surface area (TPSA) is 49.4 Å². The van der Waals surface area contributed by atoms with Gasteiger partial charge in [-0.1, -0.05) is 35.3 Å². The summed E-state index contributed by atoms with van der Waals surface area (Å²) in [5.74, 6) is -0.983. The Balaban J connectivity index is 1.85. The molecule has 2 aromatic rings. The summed E-state index contributed by atoms with van der Waals surface area (Å²) in [6.07, 6.45) is 0.792. The van der Waals surface area contributed by atoms with Crippen molar-refractivity contribution in [1.82, 2.24) is 5.32 Å². The first-order valence-electron chi connectivity index (χ1n) is 8.11. The molecule has 0 spiro atoms. The highest BCUT2D eigenvalue weighted by atomic mass is 35.5. The van der Waals surface area contributed by atoms with Crippen LogP contribution in [0.3, 0.4) is 0 Å². The van der Waals surface area contributed by atoms with Gasteiger partial charge in [0.25, 0.3) is 0 Å². The van der Waals surface area contributed by atoms with Gasteiger partial charge in [-0.25, -0.2) is 4.39 Å². The maximum absolute atomic E-state index is 13.3. The van der Waals surface area contributed by atoms with E-state index in [9.17, 15) is 14.0 Å². The van der Waals surface area contributed by atoms with E-state index in [1.807, 2.05) is 18.2 Å². The zero-order chi connectivity index (χ0) is 19.1. The first-order valence-corrected chi connectivity index (χ1v) is 8.86. The highest BCUT2D eigenvalue weighted by molar-refractivity contribution is 6.31. The average molecular weight is 397 g/mol. The number of hydrogen-bond acceptors (Lipinski definition) is 2. The number of benzene rings is 2. The number of carbonyl (C=O) groups excluding carboxylic acids is 2. The Labute approximate surface area is 161 Å². The fraction of sp³-hybridized carbons (Fsp3) is 0.263. The van der Waals surface area contributed by atoms with E-state index in [0.29, 0.717) is 23.7 Å². The largest absolute Gasteiger partial charge is 0.356 e. The lowest BCUT2D eigenvalue weighted by Gasteiger charge is -2.21. The van der Waals surface area contributed by atoms with Crippen LogP contribution in [0, 0.1) is 5.82 Å². The number of rotatable bonds is 7. The van der Waals surface area contributed by atoms with Crippen LogP contribution in [0.2, 0.25) is 10.0 Å². The van der Waals surface area contributed by atoms with Crippen molar-refractivity contribution in [1.29, 1.82) is 0 Å². The van der Waals surface area contributed by atoms with Crippen molar-refractivity contribution in [3.05, 3.63) is 63.9 Å². The minimum Gasteiger partial charge on any atom is -0.356 e. The van der Waals surface area contributed by atoms with Gasteiger partial charge >= 0.3 is 0 Å². The van der Waals surface area contributed by atoms with Gasteiger partial charge in [-0.2, -0.15) is 0 Å². The summed E-state index contributed by atoms with van der Waals surface area (Å²) in [4.78, 5) is 25.2. The van der Waals surface area contributed by atoms with E-state index in [4.69, 9.17) is 23.2 Å². The molecule has 2 amide bonds. The van der Waals surface area contributed by atoms with Crippen molar-refractivity contribution >= 4 is 40.7 Å². The van der Waals surface area contributed by atoms with Crippen LogP contribution in [0.4, 0.5) is 10.1 Å². The Hall–Kier alpha value is -2.11. The molecule has 0 bridgehead atoms. The van der Waals surface area contributed by atoms with Crippen LogP contribution in [0.1, 0.15) is 18.9 Å². The third kappa shape index (κ3) is 6.00. The smallest absolute Gasteiger partial charge is 0.223 e. The van der Waals surface area contributed by atoms with Crippen LogP contribution in [0.25, 0.3) is 0 Å². The van der Waals surface area contributed by atoms with Crippen LogP contribution in [0.15, 0.2) is 42.5 Å². The van der Waals surface area contributed by atoms with Gasteiger partial charge < -0.3 is 10.2 Å². The summed E-state index contributed by atoms with van der Waals surface area (Å²) < 4.78 is 13.3. The number of anilines is 1. The molecular formula is C19H19Cl2FN2O2. The van der Waals surface area contributed by atoms with Gasteiger partial charge in [0.1, 0.15) is 5.82 Å². The summed E-state index contributed by atoms with van der Waals surface area (Å²) >= 11 is 11.7. The molecule has 0 radical (unpaired) electrons. The van der Waals surface area contributed by atoms with Gasteiger partial charge in [0.2, 0.25) is 11.8 Å². The zero-order valence-corrected chi connectivity index (χ0v) is 15.8. The lowest BCUT2D eigenvalue weighted by atomic mass is 10.1. The molecule has 0 unspecified atom stereocenters. The summed E-state index contributed by atoms with van der Waals surface area (Å²) in [6, 6.07) is 11.5. The van der Waals surface area contributed by atoms with E-state index in [2.05, 4.69) is 5.32 Å². The summed E-state index contributed by atoms with van der Waals surface area (Å²) in [6.45, 7) is 2.04. The molecule has 0 saturated carbocycles. The maximum atomic E-state index is 13.3. The van der Waals surface area contributed by atoms with E-state index < -0.39 is 5.82 Å². The summed E-state index contributed by atoms with van der Waals surface area (Å²) in [7, 11) is 0. The van der Waals surface area contributed by atoms with E-state index in [1.165, 1.54) is 30.0 Å². The molecule has 0 saturated heterocycles. The van der Waals surface area contributed by atoms with Gasteiger partial charge in [-0.15, -0.1) is 0 Å². The Bertz CT molecular complexity index is 799. The molecule has 2 aromatic carbocycles. The first kappa shape index (κ1) is 20.2. The Morgan fingerprint density at radius 2 is 1.92 bits per heavy atom. The van der Waals surface area contributed by atoms with Crippen LogP contribution in [0.5, 0.6) is 0 Å². The zero-order valence-electron chi connectivity index (χ0n) is 14.3. The third-order valence-electron chi connectivity index (χ3n) is 3.78. The number of nitrogens with zero attached hydrogens (tertiary/aromatic N) is 1. The van der Waals surface area contributed by atoms with Gasteiger partial charge in [-0.05, 0) is 42.3 Å². The predicted molar refractivity (Wildman–Crippen MR) is 102 cm³/mol. The number of halogens is 3. The average Bonchev–Trinajstić information content (AvgIpc) is 2.58. The van der Waals surface area contributed by atoms with Crippen LogP contribution in [-0.4, -0.2) is 24.9 Å². The molecule has 0 atom stereocenters. The quantitative estimate of drug-likeness (QED) is 0.760. The first-order chi connectivity index (χ1) is 12.4. The van der Waals surface area contributed by atoms with Crippen molar-refractivity contribution in [3.8, 4) is 0 Å². The molecule has 138 valence electrons. The van der Waals surface area contributed by atoms with Crippen molar-refractivity contribution in [2.45, 2.75) is 19.8 Å². The second-order valence-corrected chi connectivity index (χ2v) is 6.59. The number of nitrogens with one attached hydrogen (secondary N) is 1. The van der Waals surface area contributed by atoms with E-state index in [1.54, 1.807) is 6.07 Å². The van der Waals surface area contributed by atoms with Gasteiger partial charge in [0, 0.05) is 37.1 Å². The van der Waals surface area contributed by atoms with Crippen LogP contribution in [-0.2, 0) is 16.0 Å². The second kappa shape index (κ2) is 9.55. The molecule has 1 N–H and O–H groups in total. The van der Waals surface area contributed by atoms with Gasteiger partial charge in [0.15, 0.2) is 0 Å². The summed E-state index contributed by atoms with van der Waals surface area (Å²) in [5, 5.41) is 3.40. The highest BCUT2D eigenvalue weighted by Crippen LogP contribution is 2.23. The van der Waals surface area contributed by atoms with Gasteiger partial charge in [-0.3, -0.25) is 9.59 Å². The minimum atomic E-state index is -0.558. The van der Waals surface area contributed by atoms with Crippen molar-refractivity contribution in [3.63, 3.8) is 0 Å². The van der Waals surface area contributed by atoms with Crippen LogP contribution >= 0.6 is 23.2 Å². The fourth-order valence-electron chi connectivity index (χ4n) is 2.46. The molecule has 0 fully saturated rings. The monoisotopic (exact) mass is 396 g/mol. The predicted octanol–water partition coefficient (Wildman–Crippen LogP) is 4.23. The Kier molecular flexibility index (Phi) is 7.42. The van der Waals surface area contributed by atoms with E-state index >= 15 is 0 Å². The maximum Gasteiger partial charge on any atom is 0.223 e. The molecule has 0 aromatic heterocycles. The van der Waals surface area contributed by atoms with Crippen LogP contribution < -0.4 is 10.2 Å². The fourth-order valence-corrected chi connectivity index (χ4v) is 2.85. The normalized spacial score (nSPS) is 10.5. The number of carbonyl (C=O) groups is 2. The molecule has 2 rings (SSSR count). The second-order valence-electron chi connectivity index (χ2n) is 5.75. The lowest BCUT2D eigenvalue weighted by molar-refractivity contribution is -0.121. The molecular weight excluding hydrogens is 378 g/mol. The van der Waals surface area contributed by atoms with Crippen molar-refractivity contribution in [2.24, 2.45) is 0 Å². The molecule has 7 heteroatoms.